The second-order valence-corrected chi connectivity index (χ2v) is 3.06. The van der Waals surface area contributed by atoms with Gasteiger partial charge in [0.1, 0.15) is 5.75 Å². The van der Waals surface area contributed by atoms with Crippen molar-refractivity contribution >= 4 is 28.4 Å². The van der Waals surface area contributed by atoms with Gasteiger partial charge in [0.2, 0.25) is 5.17 Å². The van der Waals surface area contributed by atoms with Crippen LogP contribution >= 0.6 is 11.6 Å². The smallest absolute Gasteiger partial charge is 0.370 e. The minimum absolute atomic E-state index is 0.284. The summed E-state index contributed by atoms with van der Waals surface area (Å²) in [5.74, 6) is -0.107. The summed E-state index contributed by atoms with van der Waals surface area (Å²) >= 11 is 5.55. The number of hydrazone groups is 1. The number of nitrogens with zero attached hydrogens (tertiary/aromatic N) is 1. The third-order valence-corrected chi connectivity index (χ3v) is 1.97. The van der Waals surface area contributed by atoms with Crippen molar-refractivity contribution in [1.82, 2.24) is 0 Å². The highest BCUT2D eigenvalue weighted by molar-refractivity contribution is 6.82. The third kappa shape index (κ3) is 3.13. The number of ether oxygens (including phenoxy) is 2. The van der Waals surface area contributed by atoms with Crippen molar-refractivity contribution in [1.29, 1.82) is 0 Å². The van der Waals surface area contributed by atoms with Crippen LogP contribution in [0.4, 0.5) is 5.69 Å². The Morgan fingerprint density at radius 2 is 2.06 bits per heavy atom. The minimum atomic E-state index is -0.705. The first-order valence-electron chi connectivity index (χ1n) is 4.39. The largest absolute Gasteiger partial charge is 0.495 e. The van der Waals surface area contributed by atoms with Gasteiger partial charge < -0.3 is 9.47 Å². The summed E-state index contributed by atoms with van der Waals surface area (Å²) in [6.45, 7) is 0. The van der Waals surface area contributed by atoms with Crippen LogP contribution in [0.2, 0.25) is 0 Å². The number of hydrogen-bond donors (Lipinski definition) is 1. The second kappa shape index (κ2) is 5.97. The van der Waals surface area contributed by atoms with Gasteiger partial charge in [-0.25, -0.2) is 4.79 Å². The summed E-state index contributed by atoms with van der Waals surface area (Å²) in [4.78, 5) is 10.9. The Kier molecular flexibility index (Phi) is 4.60. The highest BCUT2D eigenvalue weighted by atomic mass is 35.5. The molecule has 0 aliphatic carbocycles. The Morgan fingerprint density at radius 1 is 1.38 bits per heavy atom. The summed E-state index contributed by atoms with van der Waals surface area (Å²) in [7, 11) is 2.76. The number of carbonyl (C=O) groups is 1. The molecule has 0 saturated heterocycles. The second-order valence-electron chi connectivity index (χ2n) is 2.71. The van der Waals surface area contributed by atoms with Gasteiger partial charge in [-0.15, -0.1) is 0 Å². The van der Waals surface area contributed by atoms with Gasteiger partial charge in [0.15, 0.2) is 0 Å². The lowest BCUT2D eigenvalue weighted by atomic mass is 10.3. The number of carbonyl (C=O) groups excluding carboxylic acids is 1. The summed E-state index contributed by atoms with van der Waals surface area (Å²) in [6.07, 6.45) is 0. The molecule has 1 N–H and O–H groups in total. The standard InChI is InChI=1S/C10H11ClN2O3/c1-15-8-6-4-3-5-7(8)12-13-9(11)10(14)16-2/h3-6,12H,1-2H3. The number of nitrogens with one attached hydrogen (secondary N) is 1. The molecule has 0 aliphatic heterocycles. The topological polar surface area (TPSA) is 59.9 Å². The van der Waals surface area contributed by atoms with Gasteiger partial charge in [-0.3, -0.25) is 5.43 Å². The monoisotopic (exact) mass is 242 g/mol. The van der Waals surface area contributed by atoms with Crippen molar-refractivity contribution in [3.05, 3.63) is 24.3 Å². The molecule has 0 fully saturated rings. The van der Waals surface area contributed by atoms with Crippen molar-refractivity contribution in [3.8, 4) is 5.75 Å². The number of methoxy groups -OCH3 is 2. The van der Waals surface area contributed by atoms with E-state index in [2.05, 4.69) is 15.3 Å². The van der Waals surface area contributed by atoms with E-state index in [1.807, 2.05) is 6.07 Å². The van der Waals surface area contributed by atoms with Crippen molar-refractivity contribution in [2.75, 3.05) is 19.6 Å². The number of benzene rings is 1. The van der Waals surface area contributed by atoms with E-state index >= 15 is 0 Å². The Balaban J connectivity index is 2.77. The van der Waals surface area contributed by atoms with Gasteiger partial charge in [0, 0.05) is 0 Å². The van der Waals surface area contributed by atoms with Crippen LogP contribution in [0.3, 0.4) is 0 Å². The van der Waals surface area contributed by atoms with E-state index in [0.717, 1.165) is 0 Å². The number of anilines is 1. The summed E-state index contributed by atoms with van der Waals surface area (Å²) in [5, 5.41) is 3.37. The molecular weight excluding hydrogens is 232 g/mol. The van der Waals surface area contributed by atoms with E-state index in [1.54, 1.807) is 18.2 Å². The molecule has 0 aromatic heterocycles. The lowest BCUT2D eigenvalue weighted by molar-refractivity contribution is -0.132. The number of esters is 1. The molecular formula is C10H11ClN2O3. The SMILES string of the molecule is COC(=O)C(Cl)=NNc1ccccc1OC. The Labute approximate surface area is 98.0 Å². The van der Waals surface area contributed by atoms with Crippen LogP contribution in [0.5, 0.6) is 5.75 Å². The summed E-state index contributed by atoms with van der Waals surface area (Å²) in [6, 6.07) is 7.11. The van der Waals surface area contributed by atoms with E-state index in [1.165, 1.54) is 14.2 Å². The third-order valence-electron chi connectivity index (χ3n) is 1.74. The average molecular weight is 243 g/mol. The zero-order valence-electron chi connectivity index (χ0n) is 8.86. The van der Waals surface area contributed by atoms with Gasteiger partial charge >= 0.3 is 5.97 Å². The molecule has 16 heavy (non-hydrogen) atoms. The zero-order chi connectivity index (χ0) is 12.0. The van der Waals surface area contributed by atoms with Crippen molar-refractivity contribution < 1.29 is 14.3 Å². The first kappa shape index (κ1) is 12.3. The highest BCUT2D eigenvalue weighted by Gasteiger charge is 2.08. The van der Waals surface area contributed by atoms with Crippen LogP contribution in [0, 0.1) is 0 Å². The maximum atomic E-state index is 10.9. The fourth-order valence-corrected chi connectivity index (χ4v) is 1.10. The molecule has 5 nitrogen and oxygen atoms in total. The van der Waals surface area contributed by atoms with Gasteiger partial charge in [-0.05, 0) is 12.1 Å². The number of para-hydroxylation sites is 2. The lowest BCUT2D eigenvalue weighted by Crippen LogP contribution is -2.11. The predicted molar refractivity (Wildman–Crippen MR) is 61.9 cm³/mol. The fourth-order valence-electron chi connectivity index (χ4n) is 0.976. The van der Waals surface area contributed by atoms with Crippen LogP contribution in [0.15, 0.2) is 29.4 Å². The molecule has 86 valence electrons. The van der Waals surface area contributed by atoms with Crippen LogP contribution in [0.1, 0.15) is 0 Å². The van der Waals surface area contributed by atoms with Gasteiger partial charge in [0.05, 0.1) is 19.9 Å². The zero-order valence-corrected chi connectivity index (χ0v) is 9.62. The molecule has 0 saturated carbocycles. The van der Waals surface area contributed by atoms with Gasteiger partial charge in [-0.2, -0.15) is 5.10 Å². The molecule has 0 unspecified atom stereocenters. The molecule has 1 aromatic carbocycles. The fraction of sp³-hybridized carbons (Fsp3) is 0.200. The molecule has 1 rings (SSSR count). The molecule has 6 heteroatoms. The van der Waals surface area contributed by atoms with Crippen LogP contribution in [0.25, 0.3) is 0 Å². The van der Waals surface area contributed by atoms with E-state index in [4.69, 9.17) is 16.3 Å². The number of rotatable bonds is 4. The van der Waals surface area contributed by atoms with Crippen LogP contribution < -0.4 is 10.2 Å². The quantitative estimate of drug-likeness (QED) is 0.497. The molecule has 0 spiro atoms. The summed E-state index contributed by atoms with van der Waals surface area (Å²) in [5.41, 5.74) is 3.21. The van der Waals surface area contributed by atoms with Crippen molar-refractivity contribution in [2.24, 2.45) is 5.10 Å². The number of hydrogen-bond acceptors (Lipinski definition) is 5. The summed E-state index contributed by atoms with van der Waals surface area (Å²) < 4.78 is 9.46. The molecule has 0 radical (unpaired) electrons. The molecule has 0 aliphatic rings. The highest BCUT2D eigenvalue weighted by Crippen LogP contribution is 2.22. The van der Waals surface area contributed by atoms with Crippen LogP contribution in [-0.4, -0.2) is 25.4 Å². The molecule has 0 atom stereocenters. The van der Waals surface area contributed by atoms with E-state index in [0.29, 0.717) is 11.4 Å². The molecule has 0 bridgehead atoms. The Bertz CT molecular complexity index is 407. The van der Waals surface area contributed by atoms with Gasteiger partial charge in [0.25, 0.3) is 0 Å². The van der Waals surface area contributed by atoms with Crippen molar-refractivity contribution in [2.45, 2.75) is 0 Å². The van der Waals surface area contributed by atoms with Gasteiger partial charge in [-0.1, -0.05) is 23.7 Å². The van der Waals surface area contributed by atoms with Crippen molar-refractivity contribution in [3.63, 3.8) is 0 Å². The van der Waals surface area contributed by atoms with E-state index in [9.17, 15) is 4.79 Å². The lowest BCUT2D eigenvalue weighted by Gasteiger charge is -2.06. The number of halogens is 1. The molecule has 0 heterocycles. The van der Waals surface area contributed by atoms with E-state index < -0.39 is 5.97 Å². The Hall–Kier alpha value is -1.75. The van der Waals surface area contributed by atoms with E-state index in [-0.39, 0.29) is 5.17 Å². The molecule has 0 amide bonds. The average Bonchev–Trinajstić information content (AvgIpc) is 2.35. The molecule has 1 aromatic rings. The predicted octanol–water partition coefficient (Wildman–Crippen LogP) is 1.83. The maximum Gasteiger partial charge on any atom is 0.370 e. The Morgan fingerprint density at radius 3 is 2.69 bits per heavy atom. The minimum Gasteiger partial charge on any atom is -0.495 e. The first-order valence-corrected chi connectivity index (χ1v) is 4.77. The normalized spacial score (nSPS) is 10.8. The maximum absolute atomic E-state index is 10.9. The van der Waals surface area contributed by atoms with Crippen LogP contribution in [-0.2, 0) is 9.53 Å². The first-order chi connectivity index (χ1) is 7.69.